The molecule has 4 heteroatoms. The molecule has 0 saturated heterocycles. The van der Waals surface area contributed by atoms with E-state index in [1.54, 1.807) is 0 Å². The van der Waals surface area contributed by atoms with Gasteiger partial charge >= 0.3 is 0 Å². The number of rotatable bonds is 6. The zero-order valence-electron chi connectivity index (χ0n) is 8.75. The van der Waals surface area contributed by atoms with Gasteiger partial charge in [-0.1, -0.05) is 0 Å². The largest absolute Gasteiger partial charge is 0.393 e. The normalized spacial score (nSPS) is 25.6. The van der Waals surface area contributed by atoms with Crippen molar-refractivity contribution in [3.63, 3.8) is 0 Å². The van der Waals surface area contributed by atoms with Gasteiger partial charge in [-0.25, -0.2) is 0 Å². The number of hydrogen-bond donors (Lipinski definition) is 3. The maximum Gasteiger partial charge on any atom is 0.221 e. The molecule has 82 valence electrons. The summed E-state index contributed by atoms with van der Waals surface area (Å²) in [5, 5.41) is 15.0. The first-order chi connectivity index (χ1) is 6.72. The Kier molecular flexibility index (Phi) is 4.90. The van der Waals surface area contributed by atoms with Gasteiger partial charge in [0.1, 0.15) is 0 Å². The van der Waals surface area contributed by atoms with Crippen molar-refractivity contribution in [1.82, 2.24) is 10.6 Å². The summed E-state index contributed by atoms with van der Waals surface area (Å²) in [5.41, 5.74) is 0. The van der Waals surface area contributed by atoms with Crippen molar-refractivity contribution in [2.45, 2.75) is 32.3 Å². The molecule has 0 aliphatic heterocycles. The summed E-state index contributed by atoms with van der Waals surface area (Å²) in [4.78, 5) is 11.0. The van der Waals surface area contributed by atoms with Crippen molar-refractivity contribution in [2.75, 3.05) is 19.6 Å². The van der Waals surface area contributed by atoms with Gasteiger partial charge in [-0.2, -0.15) is 0 Å². The standard InChI is InChI=1S/C10H20N2O2/c1-2-12-10(14)3-4-11-7-8-5-9(13)6-8/h8-9,11,13H,2-7H2,1H3,(H,12,14). The Morgan fingerprint density at radius 2 is 2.21 bits per heavy atom. The lowest BCUT2D eigenvalue weighted by atomic mass is 9.82. The second kappa shape index (κ2) is 5.98. The van der Waals surface area contributed by atoms with E-state index in [-0.39, 0.29) is 12.0 Å². The maximum atomic E-state index is 11.0. The Bertz CT molecular complexity index is 179. The molecular weight excluding hydrogens is 180 g/mol. The smallest absolute Gasteiger partial charge is 0.221 e. The van der Waals surface area contributed by atoms with Gasteiger partial charge in [-0.3, -0.25) is 4.79 Å². The van der Waals surface area contributed by atoms with Gasteiger partial charge in [-0.05, 0) is 32.2 Å². The van der Waals surface area contributed by atoms with E-state index in [0.29, 0.717) is 18.9 Å². The van der Waals surface area contributed by atoms with Gasteiger partial charge in [0.25, 0.3) is 0 Å². The first-order valence-corrected chi connectivity index (χ1v) is 5.37. The minimum atomic E-state index is -0.0785. The molecule has 1 fully saturated rings. The van der Waals surface area contributed by atoms with Crippen LogP contribution in [0, 0.1) is 5.92 Å². The highest BCUT2D eigenvalue weighted by atomic mass is 16.3. The zero-order chi connectivity index (χ0) is 10.4. The van der Waals surface area contributed by atoms with E-state index in [1.165, 1.54) is 0 Å². The van der Waals surface area contributed by atoms with Crippen molar-refractivity contribution in [1.29, 1.82) is 0 Å². The molecule has 0 atom stereocenters. The molecule has 1 saturated carbocycles. The SMILES string of the molecule is CCNC(=O)CCNCC1CC(O)C1. The predicted molar refractivity (Wildman–Crippen MR) is 54.9 cm³/mol. The fourth-order valence-corrected chi connectivity index (χ4v) is 1.66. The lowest BCUT2D eigenvalue weighted by Gasteiger charge is -2.31. The zero-order valence-corrected chi connectivity index (χ0v) is 8.75. The molecule has 1 aliphatic rings. The van der Waals surface area contributed by atoms with Crippen LogP contribution in [0.1, 0.15) is 26.2 Å². The number of carbonyl (C=O) groups excluding carboxylic acids is 1. The third-order valence-electron chi connectivity index (χ3n) is 2.55. The highest BCUT2D eigenvalue weighted by Crippen LogP contribution is 2.25. The second-order valence-electron chi connectivity index (χ2n) is 3.90. The summed E-state index contributed by atoms with van der Waals surface area (Å²) < 4.78 is 0. The predicted octanol–water partition coefficient (Wildman–Crippen LogP) is -0.127. The summed E-state index contributed by atoms with van der Waals surface area (Å²) in [6.45, 7) is 4.28. The van der Waals surface area contributed by atoms with Crippen LogP contribution in [0.3, 0.4) is 0 Å². The summed E-state index contributed by atoms with van der Waals surface area (Å²) >= 11 is 0. The molecule has 1 aliphatic carbocycles. The minimum absolute atomic E-state index is 0.0785. The van der Waals surface area contributed by atoms with Crippen molar-refractivity contribution in [2.24, 2.45) is 5.92 Å². The summed E-state index contributed by atoms with van der Waals surface area (Å²) in [7, 11) is 0. The molecule has 0 heterocycles. The molecule has 1 amide bonds. The molecule has 0 aromatic carbocycles. The Hall–Kier alpha value is -0.610. The quantitative estimate of drug-likeness (QED) is 0.524. The van der Waals surface area contributed by atoms with Crippen LogP contribution in [-0.2, 0) is 4.79 Å². The maximum absolute atomic E-state index is 11.0. The Morgan fingerprint density at radius 3 is 2.79 bits per heavy atom. The number of nitrogens with one attached hydrogen (secondary N) is 2. The minimum Gasteiger partial charge on any atom is -0.393 e. The molecule has 0 bridgehead atoms. The third kappa shape index (κ3) is 4.07. The van der Waals surface area contributed by atoms with Crippen molar-refractivity contribution in [3.8, 4) is 0 Å². The van der Waals surface area contributed by atoms with Crippen LogP contribution in [-0.4, -0.2) is 36.8 Å². The van der Waals surface area contributed by atoms with E-state index in [9.17, 15) is 4.79 Å². The van der Waals surface area contributed by atoms with Gasteiger partial charge in [0, 0.05) is 19.5 Å². The summed E-state index contributed by atoms with van der Waals surface area (Å²) in [6.07, 6.45) is 2.29. The van der Waals surface area contributed by atoms with Gasteiger partial charge < -0.3 is 15.7 Å². The van der Waals surface area contributed by atoms with E-state index in [4.69, 9.17) is 5.11 Å². The average Bonchev–Trinajstić information content (AvgIpc) is 2.09. The van der Waals surface area contributed by atoms with E-state index in [2.05, 4.69) is 10.6 Å². The summed E-state index contributed by atoms with van der Waals surface area (Å²) in [6, 6.07) is 0. The lowest BCUT2D eigenvalue weighted by Crippen LogP contribution is -2.37. The van der Waals surface area contributed by atoms with Crippen molar-refractivity contribution in [3.05, 3.63) is 0 Å². The Balaban J connectivity index is 1.87. The third-order valence-corrected chi connectivity index (χ3v) is 2.55. The highest BCUT2D eigenvalue weighted by molar-refractivity contribution is 5.75. The van der Waals surface area contributed by atoms with Gasteiger partial charge in [0.05, 0.1) is 6.10 Å². The highest BCUT2D eigenvalue weighted by Gasteiger charge is 2.26. The second-order valence-corrected chi connectivity index (χ2v) is 3.90. The molecule has 0 spiro atoms. The van der Waals surface area contributed by atoms with Crippen LogP contribution >= 0.6 is 0 Å². The number of hydrogen-bond acceptors (Lipinski definition) is 3. The van der Waals surface area contributed by atoms with Gasteiger partial charge in [-0.15, -0.1) is 0 Å². The van der Waals surface area contributed by atoms with Crippen LogP contribution in [0.25, 0.3) is 0 Å². The van der Waals surface area contributed by atoms with E-state index in [1.807, 2.05) is 6.92 Å². The number of carbonyl (C=O) groups is 1. The van der Waals surface area contributed by atoms with E-state index in [0.717, 1.165) is 25.9 Å². The molecule has 0 aromatic heterocycles. The topological polar surface area (TPSA) is 61.4 Å². The van der Waals surface area contributed by atoms with Gasteiger partial charge in [0.2, 0.25) is 5.91 Å². The van der Waals surface area contributed by atoms with E-state index < -0.39 is 0 Å². The number of aliphatic hydroxyl groups excluding tert-OH is 1. The lowest BCUT2D eigenvalue weighted by molar-refractivity contribution is -0.120. The summed E-state index contributed by atoms with van der Waals surface area (Å²) in [5.74, 6) is 0.716. The number of aliphatic hydroxyl groups is 1. The molecule has 14 heavy (non-hydrogen) atoms. The molecule has 0 aromatic rings. The fraction of sp³-hybridized carbons (Fsp3) is 0.900. The monoisotopic (exact) mass is 200 g/mol. The average molecular weight is 200 g/mol. The van der Waals surface area contributed by atoms with Crippen molar-refractivity contribution < 1.29 is 9.90 Å². The first-order valence-electron chi connectivity index (χ1n) is 5.37. The van der Waals surface area contributed by atoms with Gasteiger partial charge in [0.15, 0.2) is 0 Å². The Labute approximate surface area is 85.1 Å². The molecule has 3 N–H and O–H groups in total. The van der Waals surface area contributed by atoms with Crippen LogP contribution < -0.4 is 10.6 Å². The number of amides is 1. The van der Waals surface area contributed by atoms with Crippen LogP contribution in [0.2, 0.25) is 0 Å². The first kappa shape index (κ1) is 11.5. The molecule has 0 unspecified atom stereocenters. The van der Waals surface area contributed by atoms with Crippen LogP contribution in [0.5, 0.6) is 0 Å². The molecular formula is C10H20N2O2. The van der Waals surface area contributed by atoms with E-state index >= 15 is 0 Å². The van der Waals surface area contributed by atoms with Crippen LogP contribution in [0.4, 0.5) is 0 Å². The molecule has 1 rings (SSSR count). The molecule has 4 nitrogen and oxygen atoms in total. The fourth-order valence-electron chi connectivity index (χ4n) is 1.66. The van der Waals surface area contributed by atoms with Crippen LogP contribution in [0.15, 0.2) is 0 Å². The molecule has 0 radical (unpaired) electrons. The van der Waals surface area contributed by atoms with Crippen molar-refractivity contribution >= 4 is 5.91 Å². The Morgan fingerprint density at radius 1 is 1.50 bits per heavy atom.